The van der Waals surface area contributed by atoms with Gasteiger partial charge in [0.25, 0.3) is 0 Å². The van der Waals surface area contributed by atoms with Crippen molar-refractivity contribution < 1.29 is 13.9 Å². The van der Waals surface area contributed by atoms with Gasteiger partial charge >= 0.3 is 5.97 Å². The molecule has 0 bridgehead atoms. The fourth-order valence-corrected chi connectivity index (χ4v) is 2.08. The van der Waals surface area contributed by atoms with Crippen molar-refractivity contribution in [1.82, 2.24) is 9.97 Å². The number of aromatic nitrogens is 2. The molecule has 0 aliphatic heterocycles. The van der Waals surface area contributed by atoms with Crippen LogP contribution in [0.15, 0.2) is 24.3 Å². The molecule has 0 radical (unpaired) electrons. The number of hydrogen-bond donors (Lipinski definition) is 0. The summed E-state index contributed by atoms with van der Waals surface area (Å²) < 4.78 is 17.6. The second-order valence-corrected chi connectivity index (χ2v) is 4.22. The zero-order chi connectivity index (χ0) is 14.0. The molecule has 0 saturated carbocycles. The maximum absolute atomic E-state index is 13.2. The van der Waals surface area contributed by atoms with E-state index < -0.39 is 11.8 Å². The third-order valence-electron chi connectivity index (χ3n) is 2.30. The molecule has 1 heterocycles. The fourth-order valence-electron chi connectivity index (χ4n) is 1.47. The zero-order valence-corrected chi connectivity index (χ0v) is 11.2. The van der Waals surface area contributed by atoms with Crippen LogP contribution in [0.2, 0.25) is 10.3 Å². The number of carbonyl (C=O) groups excluding carboxylic acids is 1. The van der Waals surface area contributed by atoms with Crippen molar-refractivity contribution in [3.8, 4) is 11.1 Å². The van der Waals surface area contributed by atoms with Gasteiger partial charge in [-0.05, 0) is 17.7 Å². The number of ether oxygens (including phenoxy) is 1. The summed E-state index contributed by atoms with van der Waals surface area (Å²) in [6.07, 6.45) is 0. The minimum Gasteiger partial charge on any atom is -0.463 e. The Bertz CT molecular complexity index is 626. The molecule has 0 fully saturated rings. The Morgan fingerprint density at radius 3 is 2.42 bits per heavy atom. The van der Waals surface area contributed by atoms with Crippen molar-refractivity contribution >= 4 is 29.2 Å². The van der Waals surface area contributed by atoms with Gasteiger partial charge in [0.1, 0.15) is 16.1 Å². The normalized spacial score (nSPS) is 10.3. The van der Waals surface area contributed by atoms with Gasteiger partial charge < -0.3 is 4.74 Å². The van der Waals surface area contributed by atoms with E-state index in [0.29, 0.717) is 5.56 Å². The van der Waals surface area contributed by atoms with E-state index in [2.05, 4.69) is 14.7 Å². The summed E-state index contributed by atoms with van der Waals surface area (Å²) in [7, 11) is 1.19. The standard InChI is InChI=1S/C12H7Cl2FN2O2/c1-19-12(18)11-16-9(13)8(10(14)17-11)6-3-2-4-7(15)5-6/h2-5H,1H3. The van der Waals surface area contributed by atoms with Crippen molar-refractivity contribution in [2.75, 3.05) is 7.11 Å². The quantitative estimate of drug-likeness (QED) is 0.630. The van der Waals surface area contributed by atoms with Crippen molar-refractivity contribution in [3.63, 3.8) is 0 Å². The average molecular weight is 301 g/mol. The van der Waals surface area contributed by atoms with Gasteiger partial charge in [-0.3, -0.25) is 0 Å². The summed E-state index contributed by atoms with van der Waals surface area (Å²) in [6.45, 7) is 0. The summed E-state index contributed by atoms with van der Waals surface area (Å²) in [4.78, 5) is 18.9. The first-order valence-corrected chi connectivity index (χ1v) is 5.86. The molecule has 2 rings (SSSR count). The van der Waals surface area contributed by atoms with E-state index in [0.717, 1.165) is 0 Å². The molecule has 0 aliphatic rings. The molecule has 0 spiro atoms. The lowest BCUT2D eigenvalue weighted by molar-refractivity contribution is 0.0586. The molecule has 1 aromatic heterocycles. The smallest absolute Gasteiger partial charge is 0.376 e. The molecule has 1 aromatic carbocycles. The average Bonchev–Trinajstić information content (AvgIpc) is 2.37. The van der Waals surface area contributed by atoms with Gasteiger partial charge in [0.2, 0.25) is 5.82 Å². The minimum absolute atomic E-state index is 0.0500. The van der Waals surface area contributed by atoms with Gasteiger partial charge in [0.15, 0.2) is 0 Å². The van der Waals surface area contributed by atoms with Gasteiger partial charge in [0, 0.05) is 0 Å². The van der Waals surface area contributed by atoms with Gasteiger partial charge in [-0.25, -0.2) is 19.2 Å². The summed E-state index contributed by atoms with van der Waals surface area (Å²) in [5, 5.41) is -0.1000. The number of esters is 1. The van der Waals surface area contributed by atoms with Crippen molar-refractivity contribution in [3.05, 3.63) is 46.2 Å². The third kappa shape index (κ3) is 2.83. The third-order valence-corrected chi connectivity index (χ3v) is 2.85. The van der Waals surface area contributed by atoms with E-state index in [1.54, 1.807) is 6.07 Å². The summed E-state index contributed by atoms with van der Waals surface area (Å²) >= 11 is 11.9. The molecule has 0 aliphatic carbocycles. The van der Waals surface area contributed by atoms with Crippen molar-refractivity contribution in [1.29, 1.82) is 0 Å². The Morgan fingerprint density at radius 2 is 1.89 bits per heavy atom. The van der Waals surface area contributed by atoms with E-state index >= 15 is 0 Å². The monoisotopic (exact) mass is 300 g/mol. The Hall–Kier alpha value is -1.72. The largest absolute Gasteiger partial charge is 0.463 e. The Morgan fingerprint density at radius 1 is 1.26 bits per heavy atom. The molecule has 0 amide bonds. The highest BCUT2D eigenvalue weighted by Gasteiger charge is 2.18. The maximum atomic E-state index is 13.2. The molecule has 0 atom stereocenters. The zero-order valence-electron chi connectivity index (χ0n) is 9.65. The Labute approximate surface area is 118 Å². The van der Waals surface area contributed by atoms with E-state index in [-0.39, 0.29) is 21.7 Å². The molecule has 0 saturated heterocycles. The van der Waals surface area contributed by atoms with Crippen molar-refractivity contribution in [2.45, 2.75) is 0 Å². The highest BCUT2D eigenvalue weighted by molar-refractivity contribution is 6.37. The number of carbonyl (C=O) groups is 1. The van der Waals surface area contributed by atoms with Crippen LogP contribution < -0.4 is 0 Å². The second kappa shape index (κ2) is 5.50. The van der Waals surface area contributed by atoms with Crippen LogP contribution in [0.3, 0.4) is 0 Å². The first-order chi connectivity index (χ1) is 9.02. The molecule has 0 N–H and O–H groups in total. The van der Waals surface area contributed by atoms with Gasteiger partial charge in [0.05, 0.1) is 12.7 Å². The molecular weight excluding hydrogens is 294 g/mol. The molecular formula is C12H7Cl2FN2O2. The van der Waals surface area contributed by atoms with E-state index in [4.69, 9.17) is 23.2 Å². The number of nitrogens with zero attached hydrogens (tertiary/aromatic N) is 2. The van der Waals surface area contributed by atoms with Crippen LogP contribution >= 0.6 is 23.2 Å². The SMILES string of the molecule is COC(=O)c1nc(Cl)c(-c2cccc(F)c2)c(Cl)n1. The van der Waals surface area contributed by atoms with Crippen LogP contribution in [-0.2, 0) is 4.74 Å². The molecule has 2 aromatic rings. The first kappa shape index (κ1) is 13.7. The minimum atomic E-state index is -0.755. The van der Waals surface area contributed by atoms with Crippen LogP contribution in [0, 0.1) is 5.82 Å². The number of hydrogen-bond acceptors (Lipinski definition) is 4. The summed E-state index contributed by atoms with van der Waals surface area (Å²) in [6, 6.07) is 5.64. The lowest BCUT2D eigenvalue weighted by Gasteiger charge is -2.07. The summed E-state index contributed by atoms with van der Waals surface area (Å²) in [5.41, 5.74) is 0.682. The lowest BCUT2D eigenvalue weighted by atomic mass is 10.1. The fraction of sp³-hybridized carbons (Fsp3) is 0.0833. The lowest BCUT2D eigenvalue weighted by Crippen LogP contribution is -2.08. The van der Waals surface area contributed by atoms with Crippen LogP contribution in [0.1, 0.15) is 10.6 Å². The molecule has 7 heteroatoms. The number of methoxy groups -OCH3 is 1. The van der Waals surface area contributed by atoms with Gasteiger partial charge in [-0.2, -0.15) is 0 Å². The molecule has 0 unspecified atom stereocenters. The molecule has 4 nitrogen and oxygen atoms in total. The second-order valence-electron chi connectivity index (χ2n) is 3.51. The maximum Gasteiger partial charge on any atom is 0.376 e. The number of halogens is 3. The van der Waals surface area contributed by atoms with Crippen LogP contribution in [0.4, 0.5) is 4.39 Å². The number of benzene rings is 1. The van der Waals surface area contributed by atoms with Crippen LogP contribution in [-0.4, -0.2) is 23.0 Å². The van der Waals surface area contributed by atoms with E-state index in [1.807, 2.05) is 0 Å². The topological polar surface area (TPSA) is 52.1 Å². The van der Waals surface area contributed by atoms with Crippen molar-refractivity contribution in [2.24, 2.45) is 0 Å². The summed E-state index contributed by atoms with van der Waals surface area (Å²) in [5.74, 6) is -1.45. The van der Waals surface area contributed by atoms with E-state index in [1.165, 1.54) is 25.3 Å². The highest BCUT2D eigenvalue weighted by atomic mass is 35.5. The van der Waals surface area contributed by atoms with E-state index in [9.17, 15) is 9.18 Å². The van der Waals surface area contributed by atoms with Gasteiger partial charge in [-0.15, -0.1) is 0 Å². The van der Waals surface area contributed by atoms with Gasteiger partial charge in [-0.1, -0.05) is 35.3 Å². The molecule has 19 heavy (non-hydrogen) atoms. The Kier molecular flexibility index (Phi) is 3.97. The molecule has 98 valence electrons. The number of rotatable bonds is 2. The van der Waals surface area contributed by atoms with Crippen LogP contribution in [0.25, 0.3) is 11.1 Å². The first-order valence-electron chi connectivity index (χ1n) is 5.10. The van der Waals surface area contributed by atoms with Crippen LogP contribution in [0.5, 0.6) is 0 Å². The predicted octanol–water partition coefficient (Wildman–Crippen LogP) is 3.38. The Balaban J connectivity index is 2.57. The predicted molar refractivity (Wildman–Crippen MR) is 68.8 cm³/mol. The highest BCUT2D eigenvalue weighted by Crippen LogP contribution is 2.32.